The third kappa shape index (κ3) is 4.11. The number of nitrogens with one attached hydrogen (secondary N) is 2. The Bertz CT molecular complexity index is 342. The van der Waals surface area contributed by atoms with Gasteiger partial charge < -0.3 is 30.7 Å². The smallest absolute Gasteiger partial charge is 0.232 e. The van der Waals surface area contributed by atoms with Gasteiger partial charge in [0.1, 0.15) is 24.4 Å². The van der Waals surface area contributed by atoms with Gasteiger partial charge in [-0.25, -0.2) is 0 Å². The lowest BCUT2D eigenvalue weighted by molar-refractivity contribution is -0.202. The van der Waals surface area contributed by atoms with Crippen molar-refractivity contribution in [1.82, 2.24) is 10.6 Å². The molecule has 1 fully saturated rings. The van der Waals surface area contributed by atoms with E-state index in [4.69, 9.17) is 9.84 Å². The first-order valence-electron chi connectivity index (χ1n) is 5.65. The fourth-order valence-corrected chi connectivity index (χ4v) is 1.99. The fourth-order valence-electron chi connectivity index (χ4n) is 1.83. The standard InChI is InChI=1S/C10H17BrN2O6/c1-4(15)12-7-9(18)8(17)5(3-14)19-10(7)13-6(16)2-11/h5,7-10,14,17-18H,2-3H2,1H3,(H,12,15)(H,13,16)/t5?,7-,8+,9?,10+/m0/s1. The number of aliphatic hydroxyl groups excluding tert-OH is 3. The van der Waals surface area contributed by atoms with Crippen molar-refractivity contribution in [3.63, 3.8) is 0 Å². The molecule has 0 aliphatic carbocycles. The molecule has 0 aromatic heterocycles. The average molecular weight is 341 g/mol. The topological polar surface area (TPSA) is 128 Å². The second-order valence-corrected chi connectivity index (χ2v) is 4.75. The number of hydrogen-bond acceptors (Lipinski definition) is 6. The van der Waals surface area contributed by atoms with Crippen molar-refractivity contribution in [2.24, 2.45) is 0 Å². The van der Waals surface area contributed by atoms with E-state index in [1.807, 2.05) is 0 Å². The van der Waals surface area contributed by atoms with E-state index in [2.05, 4.69) is 26.6 Å². The van der Waals surface area contributed by atoms with Crippen molar-refractivity contribution >= 4 is 27.7 Å². The van der Waals surface area contributed by atoms with Crippen LogP contribution < -0.4 is 10.6 Å². The van der Waals surface area contributed by atoms with Crippen molar-refractivity contribution in [3.05, 3.63) is 0 Å². The number of halogens is 1. The lowest BCUT2D eigenvalue weighted by Crippen LogP contribution is -2.68. The molecule has 1 aliphatic heterocycles. The predicted octanol–water partition coefficient (Wildman–Crippen LogP) is -2.56. The quantitative estimate of drug-likeness (QED) is 0.358. The van der Waals surface area contributed by atoms with E-state index in [1.54, 1.807) is 0 Å². The largest absolute Gasteiger partial charge is 0.394 e. The lowest BCUT2D eigenvalue weighted by Gasteiger charge is -2.42. The van der Waals surface area contributed by atoms with Crippen LogP contribution in [0.1, 0.15) is 6.92 Å². The van der Waals surface area contributed by atoms with Gasteiger partial charge >= 0.3 is 0 Å². The van der Waals surface area contributed by atoms with Crippen LogP contribution in [0.25, 0.3) is 0 Å². The maximum atomic E-state index is 11.3. The summed E-state index contributed by atoms with van der Waals surface area (Å²) in [5.74, 6) is -0.860. The Morgan fingerprint density at radius 2 is 1.89 bits per heavy atom. The first kappa shape index (κ1) is 16.3. The monoisotopic (exact) mass is 340 g/mol. The Labute approximate surface area is 118 Å². The number of alkyl halides is 1. The predicted molar refractivity (Wildman–Crippen MR) is 67.3 cm³/mol. The van der Waals surface area contributed by atoms with Crippen molar-refractivity contribution in [2.75, 3.05) is 11.9 Å². The third-order valence-electron chi connectivity index (χ3n) is 2.72. The molecule has 5 N–H and O–H groups in total. The van der Waals surface area contributed by atoms with Gasteiger partial charge in [0.2, 0.25) is 11.8 Å². The highest BCUT2D eigenvalue weighted by atomic mass is 79.9. The van der Waals surface area contributed by atoms with Crippen LogP contribution in [0.5, 0.6) is 0 Å². The summed E-state index contributed by atoms with van der Waals surface area (Å²) in [5, 5.41) is 33.5. The molecule has 5 atom stereocenters. The minimum absolute atomic E-state index is 0.0160. The second-order valence-electron chi connectivity index (χ2n) is 4.19. The second kappa shape index (κ2) is 7.15. The zero-order valence-electron chi connectivity index (χ0n) is 10.2. The summed E-state index contributed by atoms with van der Waals surface area (Å²) in [4.78, 5) is 22.4. The summed E-state index contributed by atoms with van der Waals surface area (Å²) in [6, 6.07) is -1.00. The fraction of sp³-hybridized carbons (Fsp3) is 0.800. The van der Waals surface area contributed by atoms with Crippen LogP contribution in [0.3, 0.4) is 0 Å². The summed E-state index contributed by atoms with van der Waals surface area (Å²) >= 11 is 2.96. The molecule has 0 saturated carbocycles. The van der Waals surface area contributed by atoms with Gasteiger partial charge in [0, 0.05) is 6.92 Å². The molecule has 110 valence electrons. The normalized spacial score (nSPS) is 34.7. The highest BCUT2D eigenvalue weighted by Gasteiger charge is 2.45. The van der Waals surface area contributed by atoms with Gasteiger partial charge in [0.05, 0.1) is 11.9 Å². The Hall–Kier alpha value is -0.740. The highest BCUT2D eigenvalue weighted by Crippen LogP contribution is 2.20. The maximum Gasteiger partial charge on any atom is 0.232 e. The van der Waals surface area contributed by atoms with Gasteiger partial charge in [-0.2, -0.15) is 0 Å². The van der Waals surface area contributed by atoms with Gasteiger partial charge in [-0.05, 0) is 0 Å². The van der Waals surface area contributed by atoms with E-state index in [1.165, 1.54) is 6.92 Å². The average Bonchev–Trinajstić information content (AvgIpc) is 2.37. The number of carbonyl (C=O) groups excluding carboxylic acids is 2. The molecule has 0 radical (unpaired) electrons. The molecule has 8 nitrogen and oxygen atoms in total. The Morgan fingerprint density at radius 1 is 1.26 bits per heavy atom. The molecule has 1 saturated heterocycles. The number of ether oxygens (including phenoxy) is 1. The summed E-state index contributed by atoms with van der Waals surface area (Å²) in [7, 11) is 0. The van der Waals surface area contributed by atoms with Crippen LogP contribution in [0.4, 0.5) is 0 Å². The third-order valence-corrected chi connectivity index (χ3v) is 3.23. The molecule has 1 heterocycles. The summed E-state index contributed by atoms with van der Waals surface area (Å²) < 4.78 is 5.28. The molecule has 0 spiro atoms. The maximum absolute atomic E-state index is 11.3. The van der Waals surface area contributed by atoms with Crippen molar-refractivity contribution in [2.45, 2.75) is 37.5 Å². The van der Waals surface area contributed by atoms with Crippen LogP contribution in [0.2, 0.25) is 0 Å². The van der Waals surface area contributed by atoms with E-state index in [0.29, 0.717) is 0 Å². The molecular formula is C10H17BrN2O6. The van der Waals surface area contributed by atoms with Crippen molar-refractivity contribution in [1.29, 1.82) is 0 Å². The van der Waals surface area contributed by atoms with Gasteiger partial charge in [0.15, 0.2) is 6.23 Å². The van der Waals surface area contributed by atoms with Gasteiger partial charge in [-0.1, -0.05) is 15.9 Å². The van der Waals surface area contributed by atoms with Crippen LogP contribution in [-0.2, 0) is 14.3 Å². The zero-order chi connectivity index (χ0) is 14.6. The molecule has 19 heavy (non-hydrogen) atoms. The van der Waals surface area contributed by atoms with Gasteiger partial charge in [-0.3, -0.25) is 9.59 Å². The van der Waals surface area contributed by atoms with Crippen molar-refractivity contribution in [3.8, 4) is 0 Å². The first-order chi connectivity index (χ1) is 8.90. The van der Waals surface area contributed by atoms with Crippen LogP contribution in [-0.4, -0.2) is 69.7 Å². The minimum Gasteiger partial charge on any atom is -0.394 e. The number of aliphatic hydroxyl groups is 3. The van der Waals surface area contributed by atoms with E-state index in [-0.39, 0.29) is 5.33 Å². The summed E-state index contributed by atoms with van der Waals surface area (Å²) in [6.07, 6.45) is -4.81. The Morgan fingerprint density at radius 3 is 2.37 bits per heavy atom. The Kier molecular flexibility index (Phi) is 6.14. The molecule has 0 bridgehead atoms. The molecule has 0 aromatic rings. The van der Waals surface area contributed by atoms with Crippen LogP contribution in [0.15, 0.2) is 0 Å². The summed E-state index contributed by atoms with van der Waals surface area (Å²) in [5.41, 5.74) is 0. The highest BCUT2D eigenvalue weighted by molar-refractivity contribution is 9.09. The first-order valence-corrected chi connectivity index (χ1v) is 6.77. The van der Waals surface area contributed by atoms with Gasteiger partial charge in [0.25, 0.3) is 0 Å². The number of rotatable bonds is 4. The van der Waals surface area contributed by atoms with Crippen LogP contribution in [0, 0.1) is 0 Å². The molecule has 2 amide bonds. The van der Waals surface area contributed by atoms with E-state index < -0.39 is 49.0 Å². The Balaban J connectivity index is 2.86. The van der Waals surface area contributed by atoms with E-state index in [0.717, 1.165) is 0 Å². The SMILES string of the molecule is CC(=O)N[C@H]1C(O)[C@H](O)C(CO)O[C@H]1NC(=O)CBr. The van der Waals surface area contributed by atoms with Crippen molar-refractivity contribution < 1.29 is 29.6 Å². The molecule has 9 heteroatoms. The van der Waals surface area contributed by atoms with E-state index >= 15 is 0 Å². The molecule has 1 aliphatic rings. The number of amides is 2. The number of carbonyl (C=O) groups is 2. The molecular weight excluding hydrogens is 324 g/mol. The van der Waals surface area contributed by atoms with E-state index in [9.17, 15) is 19.8 Å². The van der Waals surface area contributed by atoms with Gasteiger partial charge in [-0.15, -0.1) is 0 Å². The summed E-state index contributed by atoms with van der Waals surface area (Å²) in [6.45, 7) is 0.715. The number of hydrogen-bond donors (Lipinski definition) is 5. The zero-order valence-corrected chi connectivity index (χ0v) is 11.8. The lowest BCUT2D eigenvalue weighted by atomic mass is 9.96. The molecule has 2 unspecified atom stereocenters. The van der Waals surface area contributed by atoms with Crippen LogP contribution >= 0.6 is 15.9 Å². The molecule has 1 rings (SSSR count). The molecule has 0 aromatic carbocycles. The minimum atomic E-state index is -1.37.